The highest BCUT2D eigenvalue weighted by Gasteiger charge is 2.25. The van der Waals surface area contributed by atoms with Crippen LogP contribution < -0.4 is 5.32 Å². The van der Waals surface area contributed by atoms with Crippen LogP contribution in [0, 0.1) is 0 Å². The molecule has 0 saturated heterocycles. The number of carbonyl (C=O) groups excluding carboxylic acids is 2. The summed E-state index contributed by atoms with van der Waals surface area (Å²) in [5, 5.41) is 2.75. The Kier molecular flexibility index (Phi) is 3.24. The van der Waals surface area contributed by atoms with Gasteiger partial charge in [0.1, 0.15) is 0 Å². The molecule has 2 aromatic carbocycles. The lowest BCUT2D eigenvalue weighted by Crippen LogP contribution is -2.05. The van der Waals surface area contributed by atoms with Crippen molar-refractivity contribution in [2.45, 2.75) is 0 Å². The van der Waals surface area contributed by atoms with Crippen LogP contribution in [0.25, 0.3) is 5.57 Å². The Labute approximate surface area is 124 Å². The normalized spacial score (nSPS) is 15.1. The Bertz CT molecular complexity index is 735. The number of hydrogen-bond acceptors (Lipinski definition) is 2. The van der Waals surface area contributed by atoms with Gasteiger partial charge in [0.25, 0.3) is 5.91 Å². The zero-order valence-corrected chi connectivity index (χ0v) is 12.0. The van der Waals surface area contributed by atoms with Crippen LogP contribution in [0.2, 0.25) is 0 Å². The lowest BCUT2D eigenvalue weighted by atomic mass is 10.0. The molecule has 0 atom stereocenters. The van der Waals surface area contributed by atoms with E-state index in [0.29, 0.717) is 11.1 Å². The molecule has 3 rings (SSSR count). The molecule has 1 aliphatic rings. The van der Waals surface area contributed by atoms with Crippen LogP contribution in [-0.2, 0) is 4.79 Å². The molecule has 0 radical (unpaired) electrons. The predicted molar refractivity (Wildman–Crippen MR) is 81.5 cm³/mol. The van der Waals surface area contributed by atoms with Crippen molar-refractivity contribution < 1.29 is 9.59 Å². The van der Waals surface area contributed by atoms with Crippen LogP contribution in [0.4, 0.5) is 5.69 Å². The second-order valence-corrected chi connectivity index (χ2v) is 5.35. The van der Waals surface area contributed by atoms with E-state index in [1.165, 1.54) is 6.08 Å². The van der Waals surface area contributed by atoms with Crippen molar-refractivity contribution >= 4 is 38.9 Å². The predicted octanol–water partition coefficient (Wildman–Crippen LogP) is 3.67. The topological polar surface area (TPSA) is 46.2 Å². The zero-order chi connectivity index (χ0) is 14.1. The highest BCUT2D eigenvalue weighted by molar-refractivity contribution is 9.10. The van der Waals surface area contributed by atoms with Crippen molar-refractivity contribution in [1.29, 1.82) is 0 Å². The summed E-state index contributed by atoms with van der Waals surface area (Å²) in [6.07, 6.45) is 1.39. The van der Waals surface area contributed by atoms with Crippen molar-refractivity contribution in [2.24, 2.45) is 0 Å². The van der Waals surface area contributed by atoms with Crippen LogP contribution in [-0.4, -0.2) is 11.7 Å². The van der Waals surface area contributed by atoms with Crippen LogP contribution >= 0.6 is 15.9 Å². The largest absolute Gasteiger partial charge is 0.321 e. The summed E-state index contributed by atoms with van der Waals surface area (Å²) >= 11 is 3.37. The van der Waals surface area contributed by atoms with Gasteiger partial charge in [0, 0.05) is 21.3 Å². The van der Waals surface area contributed by atoms with Gasteiger partial charge in [-0.25, -0.2) is 0 Å². The molecule has 1 amide bonds. The molecule has 2 aromatic rings. The fraction of sp³-hybridized carbons (Fsp3) is 0. The van der Waals surface area contributed by atoms with Crippen LogP contribution in [0.3, 0.4) is 0 Å². The number of benzene rings is 2. The van der Waals surface area contributed by atoms with Gasteiger partial charge in [0.05, 0.1) is 5.57 Å². The fourth-order valence-corrected chi connectivity index (χ4v) is 2.48. The standard InChI is InChI=1S/C16H10BrNO2/c17-11-6-7-14-12(8-11)13(16(20)18-14)9-15(19)10-4-2-1-3-5-10/h1-9H,(H,18,20)/b13-9+. The third-order valence-electron chi connectivity index (χ3n) is 3.10. The first kappa shape index (κ1) is 12.8. The van der Waals surface area contributed by atoms with Gasteiger partial charge in [0.2, 0.25) is 0 Å². The van der Waals surface area contributed by atoms with E-state index in [1.54, 1.807) is 24.3 Å². The number of nitrogens with one attached hydrogen (secondary N) is 1. The van der Waals surface area contributed by atoms with Gasteiger partial charge < -0.3 is 5.32 Å². The Morgan fingerprint density at radius 2 is 1.85 bits per heavy atom. The molecular formula is C16H10BrNO2. The summed E-state index contributed by atoms with van der Waals surface area (Å²) in [4.78, 5) is 24.1. The maximum absolute atomic E-state index is 12.2. The first-order valence-corrected chi connectivity index (χ1v) is 6.87. The number of amides is 1. The summed E-state index contributed by atoms with van der Waals surface area (Å²) < 4.78 is 0.866. The van der Waals surface area contributed by atoms with Gasteiger partial charge in [0.15, 0.2) is 5.78 Å². The summed E-state index contributed by atoms with van der Waals surface area (Å²) in [6, 6.07) is 14.4. The molecule has 0 aromatic heterocycles. The third-order valence-corrected chi connectivity index (χ3v) is 3.59. The lowest BCUT2D eigenvalue weighted by molar-refractivity contribution is -0.110. The Balaban J connectivity index is 2.03. The van der Waals surface area contributed by atoms with Crippen molar-refractivity contribution in [3.8, 4) is 0 Å². The van der Waals surface area contributed by atoms with Gasteiger partial charge in [-0.1, -0.05) is 46.3 Å². The van der Waals surface area contributed by atoms with Crippen molar-refractivity contribution in [3.05, 3.63) is 70.2 Å². The van der Waals surface area contributed by atoms with E-state index in [1.807, 2.05) is 24.3 Å². The molecule has 1 heterocycles. The Morgan fingerprint density at radius 3 is 2.60 bits per heavy atom. The molecule has 0 aliphatic carbocycles. The number of fused-ring (bicyclic) bond motifs is 1. The van der Waals surface area contributed by atoms with Gasteiger partial charge in [-0.15, -0.1) is 0 Å². The fourth-order valence-electron chi connectivity index (χ4n) is 2.12. The maximum Gasteiger partial charge on any atom is 0.256 e. The number of rotatable bonds is 2. The average molecular weight is 328 g/mol. The van der Waals surface area contributed by atoms with E-state index in [9.17, 15) is 9.59 Å². The minimum atomic E-state index is -0.248. The molecule has 0 fully saturated rings. The molecular weight excluding hydrogens is 318 g/mol. The summed E-state index contributed by atoms with van der Waals surface area (Å²) in [7, 11) is 0. The second kappa shape index (κ2) is 5.06. The summed E-state index contributed by atoms with van der Waals surface area (Å²) in [5.74, 6) is -0.425. The molecule has 4 heteroatoms. The molecule has 3 nitrogen and oxygen atoms in total. The summed E-state index contributed by atoms with van der Waals surface area (Å²) in [6.45, 7) is 0. The van der Waals surface area contributed by atoms with Gasteiger partial charge in [-0.05, 0) is 24.3 Å². The molecule has 98 valence electrons. The first-order chi connectivity index (χ1) is 9.65. The molecule has 0 saturated carbocycles. The zero-order valence-electron chi connectivity index (χ0n) is 10.4. The number of anilines is 1. The van der Waals surface area contributed by atoms with Crippen molar-refractivity contribution in [2.75, 3.05) is 5.32 Å². The SMILES string of the molecule is O=C1Nc2ccc(Br)cc2/C1=C\C(=O)c1ccccc1. The highest BCUT2D eigenvalue weighted by Crippen LogP contribution is 2.33. The number of allylic oxidation sites excluding steroid dienone is 1. The molecule has 0 unspecified atom stereocenters. The van der Waals surface area contributed by atoms with E-state index in [-0.39, 0.29) is 11.7 Å². The minimum absolute atomic E-state index is 0.177. The first-order valence-electron chi connectivity index (χ1n) is 6.07. The Morgan fingerprint density at radius 1 is 1.10 bits per heavy atom. The summed E-state index contributed by atoms with van der Waals surface area (Å²) in [5.41, 5.74) is 2.44. The van der Waals surface area contributed by atoms with Gasteiger partial charge in [-0.3, -0.25) is 9.59 Å². The van der Waals surface area contributed by atoms with E-state index in [2.05, 4.69) is 21.2 Å². The second-order valence-electron chi connectivity index (χ2n) is 4.43. The van der Waals surface area contributed by atoms with E-state index in [0.717, 1.165) is 15.7 Å². The molecule has 0 bridgehead atoms. The van der Waals surface area contributed by atoms with Crippen LogP contribution in [0.1, 0.15) is 15.9 Å². The van der Waals surface area contributed by atoms with Crippen LogP contribution in [0.5, 0.6) is 0 Å². The average Bonchev–Trinajstić information content (AvgIpc) is 2.76. The van der Waals surface area contributed by atoms with Crippen LogP contribution in [0.15, 0.2) is 59.1 Å². The van der Waals surface area contributed by atoms with E-state index < -0.39 is 0 Å². The molecule has 1 aliphatic heterocycles. The highest BCUT2D eigenvalue weighted by atomic mass is 79.9. The monoisotopic (exact) mass is 327 g/mol. The Hall–Kier alpha value is -2.20. The van der Waals surface area contributed by atoms with E-state index >= 15 is 0 Å². The molecule has 0 spiro atoms. The quantitative estimate of drug-likeness (QED) is 0.675. The molecule has 1 N–H and O–H groups in total. The lowest BCUT2D eigenvalue weighted by Gasteiger charge is -1.99. The van der Waals surface area contributed by atoms with Crippen molar-refractivity contribution in [3.63, 3.8) is 0 Å². The molecule has 20 heavy (non-hydrogen) atoms. The minimum Gasteiger partial charge on any atom is -0.321 e. The number of halogens is 1. The number of carbonyl (C=O) groups is 2. The smallest absolute Gasteiger partial charge is 0.256 e. The van der Waals surface area contributed by atoms with Gasteiger partial charge in [-0.2, -0.15) is 0 Å². The number of hydrogen-bond donors (Lipinski definition) is 1. The number of ketones is 1. The third kappa shape index (κ3) is 2.30. The van der Waals surface area contributed by atoms with E-state index in [4.69, 9.17) is 0 Å². The maximum atomic E-state index is 12.2. The van der Waals surface area contributed by atoms with Gasteiger partial charge >= 0.3 is 0 Å². The van der Waals surface area contributed by atoms with Crippen molar-refractivity contribution in [1.82, 2.24) is 0 Å².